The number of hydrogen-bond donors (Lipinski definition) is 1. The van der Waals surface area contributed by atoms with E-state index >= 15 is 0 Å². The fourth-order valence-corrected chi connectivity index (χ4v) is 5.42. The Bertz CT molecular complexity index is 1340. The first-order valence-electron chi connectivity index (χ1n) is 11.9. The molecule has 1 N–H and O–H groups in total. The topological polar surface area (TPSA) is 95.0 Å². The van der Waals surface area contributed by atoms with Gasteiger partial charge >= 0.3 is 5.69 Å². The molecule has 0 amide bonds. The van der Waals surface area contributed by atoms with Crippen LogP contribution in [0.15, 0.2) is 39.9 Å². The van der Waals surface area contributed by atoms with Gasteiger partial charge in [0.05, 0.1) is 38.8 Å². The lowest BCUT2D eigenvalue weighted by atomic mass is 9.86. The highest BCUT2D eigenvalue weighted by Gasteiger charge is 2.40. The summed E-state index contributed by atoms with van der Waals surface area (Å²) in [6, 6.07) is 9.21. The van der Waals surface area contributed by atoms with Crippen molar-refractivity contribution >= 4 is 35.7 Å². The van der Waals surface area contributed by atoms with Crippen molar-refractivity contribution in [3.63, 3.8) is 0 Å². The Labute approximate surface area is 227 Å². The van der Waals surface area contributed by atoms with E-state index in [9.17, 15) is 9.59 Å². The number of ether oxygens (including phenoxy) is 4. The fraction of sp³-hybridized carbons (Fsp3) is 0.462. The van der Waals surface area contributed by atoms with E-state index in [-0.39, 0.29) is 30.4 Å². The molecular formula is C26H33Cl2N3O6. The number of likely N-dealkylation sites (tertiary alicyclic amines) is 1. The lowest BCUT2D eigenvalue weighted by Gasteiger charge is -2.29. The SMILES string of the molecule is COc1cc2[nH]c(=O)n(CCCCN3C[C@@H]4COc5cccc(OC)c5[C@H]4C3)c(=O)c2cc1OC.Cl.Cl. The molecule has 3 aromatic rings. The first-order chi connectivity index (χ1) is 17.0. The van der Waals surface area contributed by atoms with Crippen LogP contribution in [-0.4, -0.2) is 62.0 Å². The van der Waals surface area contributed by atoms with Gasteiger partial charge in [0.2, 0.25) is 0 Å². The average Bonchev–Trinajstić information content (AvgIpc) is 3.30. The molecule has 202 valence electrons. The molecule has 0 bridgehead atoms. The highest BCUT2D eigenvalue weighted by molar-refractivity contribution is 5.85. The van der Waals surface area contributed by atoms with Crippen molar-refractivity contribution in [1.82, 2.24) is 14.5 Å². The summed E-state index contributed by atoms with van der Waals surface area (Å²) in [6.07, 6.45) is 1.61. The van der Waals surface area contributed by atoms with Gasteiger partial charge in [-0.15, -0.1) is 24.8 Å². The van der Waals surface area contributed by atoms with Crippen LogP contribution in [0.3, 0.4) is 0 Å². The predicted octanol–water partition coefficient (Wildman–Crippen LogP) is 3.45. The van der Waals surface area contributed by atoms with Gasteiger partial charge in [0.15, 0.2) is 11.5 Å². The van der Waals surface area contributed by atoms with E-state index < -0.39 is 5.69 Å². The molecule has 0 unspecified atom stereocenters. The van der Waals surface area contributed by atoms with Gasteiger partial charge in [-0.2, -0.15) is 0 Å². The van der Waals surface area contributed by atoms with E-state index in [1.54, 1.807) is 19.2 Å². The maximum absolute atomic E-state index is 13.0. The summed E-state index contributed by atoms with van der Waals surface area (Å²) in [7, 11) is 4.73. The van der Waals surface area contributed by atoms with Crippen LogP contribution in [0.25, 0.3) is 10.9 Å². The van der Waals surface area contributed by atoms with Crippen LogP contribution in [0.2, 0.25) is 0 Å². The summed E-state index contributed by atoms with van der Waals surface area (Å²) in [5.74, 6) is 3.57. The van der Waals surface area contributed by atoms with E-state index in [0.717, 1.165) is 50.6 Å². The fourth-order valence-electron chi connectivity index (χ4n) is 5.42. The van der Waals surface area contributed by atoms with Gasteiger partial charge < -0.3 is 28.8 Å². The van der Waals surface area contributed by atoms with E-state index in [4.69, 9.17) is 18.9 Å². The first kappa shape index (κ1) is 28.7. The van der Waals surface area contributed by atoms with Crippen LogP contribution in [-0.2, 0) is 6.54 Å². The summed E-state index contributed by atoms with van der Waals surface area (Å²) < 4.78 is 23.5. The van der Waals surface area contributed by atoms with Gasteiger partial charge in [0, 0.05) is 43.1 Å². The number of methoxy groups -OCH3 is 3. The average molecular weight is 554 g/mol. The summed E-state index contributed by atoms with van der Waals surface area (Å²) in [6.45, 7) is 3.92. The molecule has 2 aliphatic heterocycles. The molecule has 3 heterocycles. The van der Waals surface area contributed by atoms with Crippen LogP contribution in [0.1, 0.15) is 24.3 Å². The zero-order valence-corrected chi connectivity index (χ0v) is 22.8. The van der Waals surface area contributed by atoms with E-state index in [2.05, 4.69) is 9.88 Å². The number of hydrogen-bond acceptors (Lipinski definition) is 7. The Hall–Kier alpha value is -2.88. The zero-order valence-electron chi connectivity index (χ0n) is 21.2. The van der Waals surface area contributed by atoms with Crippen LogP contribution in [0.5, 0.6) is 23.0 Å². The molecule has 9 nitrogen and oxygen atoms in total. The molecule has 5 rings (SSSR count). The standard InChI is InChI=1S/C26H31N3O6.2ClH/c1-32-20-7-6-8-21-24(20)18-14-28(13-16(18)15-35-21)9-4-5-10-29-25(30)17-11-22(33-2)23(34-3)12-19(17)27-26(29)31;;/h6-8,11-12,16,18H,4-5,9-10,13-15H2,1-3H3,(H,27,31);2*1H/t16-,18+;;/m1../s1. The van der Waals surface area contributed by atoms with Gasteiger partial charge in [-0.3, -0.25) is 9.36 Å². The molecule has 0 spiro atoms. The van der Waals surface area contributed by atoms with E-state index in [0.29, 0.717) is 40.8 Å². The summed E-state index contributed by atoms with van der Waals surface area (Å²) >= 11 is 0. The molecule has 2 aliphatic rings. The number of nitrogens with zero attached hydrogens (tertiary/aromatic N) is 2. The molecular weight excluding hydrogens is 521 g/mol. The Morgan fingerprint density at radius 3 is 2.38 bits per heavy atom. The summed E-state index contributed by atoms with van der Waals surface area (Å²) in [5.41, 5.74) is 0.877. The number of halogens is 2. The minimum atomic E-state index is -0.414. The van der Waals surface area contributed by atoms with E-state index in [1.165, 1.54) is 24.4 Å². The third-order valence-electron chi connectivity index (χ3n) is 7.18. The number of aromatic nitrogens is 2. The first-order valence-corrected chi connectivity index (χ1v) is 11.9. The lowest BCUT2D eigenvalue weighted by Crippen LogP contribution is -2.35. The number of aromatic amines is 1. The van der Waals surface area contributed by atoms with Crippen LogP contribution >= 0.6 is 24.8 Å². The molecule has 0 aliphatic carbocycles. The smallest absolute Gasteiger partial charge is 0.328 e. The monoisotopic (exact) mass is 553 g/mol. The number of unbranched alkanes of at least 4 members (excludes halogenated alkanes) is 1. The van der Waals surface area contributed by atoms with Crippen molar-refractivity contribution in [3.8, 4) is 23.0 Å². The zero-order chi connectivity index (χ0) is 24.5. The second kappa shape index (κ2) is 12.1. The summed E-state index contributed by atoms with van der Waals surface area (Å²) in [4.78, 5) is 30.9. The van der Waals surface area contributed by atoms with E-state index in [1.807, 2.05) is 18.2 Å². The van der Waals surface area contributed by atoms with Crippen LogP contribution in [0.4, 0.5) is 0 Å². The Morgan fingerprint density at radius 2 is 1.65 bits per heavy atom. The molecule has 0 saturated carbocycles. The van der Waals surface area contributed by atoms with Crippen molar-refractivity contribution in [1.29, 1.82) is 0 Å². The molecule has 1 saturated heterocycles. The van der Waals surface area contributed by atoms with Gasteiger partial charge in [0.1, 0.15) is 11.5 Å². The van der Waals surface area contributed by atoms with Crippen molar-refractivity contribution in [2.24, 2.45) is 5.92 Å². The minimum Gasteiger partial charge on any atom is -0.496 e. The number of benzene rings is 2. The lowest BCUT2D eigenvalue weighted by molar-refractivity contribution is 0.209. The van der Waals surface area contributed by atoms with Crippen LogP contribution < -0.4 is 30.2 Å². The normalized spacial score (nSPS) is 18.1. The number of H-pyrrole nitrogens is 1. The molecule has 0 radical (unpaired) electrons. The maximum atomic E-state index is 13.0. The maximum Gasteiger partial charge on any atom is 0.328 e. The quantitative estimate of drug-likeness (QED) is 0.427. The van der Waals surface area contributed by atoms with Crippen molar-refractivity contribution in [3.05, 3.63) is 56.7 Å². The molecule has 11 heteroatoms. The van der Waals surface area contributed by atoms with Crippen molar-refractivity contribution in [2.45, 2.75) is 25.3 Å². The summed E-state index contributed by atoms with van der Waals surface area (Å²) in [5, 5.41) is 0.401. The Balaban J connectivity index is 0.00000190. The highest BCUT2D eigenvalue weighted by Crippen LogP contribution is 2.46. The molecule has 2 atom stereocenters. The second-order valence-electron chi connectivity index (χ2n) is 9.16. The van der Waals surface area contributed by atoms with Gasteiger partial charge in [-0.25, -0.2) is 4.79 Å². The van der Waals surface area contributed by atoms with Crippen molar-refractivity contribution in [2.75, 3.05) is 47.6 Å². The molecule has 2 aromatic carbocycles. The number of rotatable bonds is 8. The predicted molar refractivity (Wildman–Crippen MR) is 147 cm³/mol. The van der Waals surface area contributed by atoms with Gasteiger partial charge in [-0.1, -0.05) is 6.07 Å². The number of nitrogens with one attached hydrogen (secondary N) is 1. The largest absolute Gasteiger partial charge is 0.496 e. The minimum absolute atomic E-state index is 0. The molecule has 1 fully saturated rings. The van der Waals surface area contributed by atoms with Crippen LogP contribution in [0, 0.1) is 5.92 Å². The highest BCUT2D eigenvalue weighted by atomic mass is 35.5. The van der Waals surface area contributed by atoms with Gasteiger partial charge in [-0.05, 0) is 37.6 Å². The molecule has 1 aromatic heterocycles. The van der Waals surface area contributed by atoms with Crippen molar-refractivity contribution < 1.29 is 18.9 Å². The number of fused-ring (bicyclic) bond motifs is 4. The third kappa shape index (κ3) is 5.39. The Kier molecular flexibility index (Phi) is 9.39. The van der Waals surface area contributed by atoms with Gasteiger partial charge in [0.25, 0.3) is 5.56 Å². The second-order valence-corrected chi connectivity index (χ2v) is 9.16. The third-order valence-corrected chi connectivity index (χ3v) is 7.18. The Morgan fingerprint density at radius 1 is 0.946 bits per heavy atom. The molecule has 37 heavy (non-hydrogen) atoms.